The average molecular weight is 249 g/mol. The van der Waals surface area contributed by atoms with Crippen LogP contribution < -0.4 is 5.32 Å². The molecule has 1 heterocycles. The quantitative estimate of drug-likeness (QED) is 0.597. The third-order valence-electron chi connectivity index (χ3n) is 2.19. The first-order valence-corrected chi connectivity index (χ1v) is 8.20. The van der Waals surface area contributed by atoms with Crippen LogP contribution in [-0.4, -0.2) is 24.0 Å². The van der Waals surface area contributed by atoms with Gasteiger partial charge in [0.2, 0.25) is 5.91 Å². The van der Waals surface area contributed by atoms with Crippen LogP contribution in [0.5, 0.6) is 0 Å². The fourth-order valence-corrected chi connectivity index (χ4v) is 4.37. The Bertz CT molecular complexity index is 159. The van der Waals surface area contributed by atoms with Crippen molar-refractivity contribution >= 4 is 27.5 Å². The molecule has 0 aromatic rings. The summed E-state index contributed by atoms with van der Waals surface area (Å²) in [5.41, 5.74) is 0. The number of hydrogen-bond acceptors (Lipinski definition) is 3. The Labute approximate surface area is 102 Å². The zero-order valence-corrected chi connectivity index (χ0v) is 11.7. The van der Waals surface area contributed by atoms with Crippen LogP contribution in [0.1, 0.15) is 46.0 Å². The molecule has 1 atom stereocenters. The Morgan fingerprint density at radius 1 is 1.40 bits per heavy atom. The zero-order chi connectivity index (χ0) is 11.5. The van der Waals surface area contributed by atoms with Gasteiger partial charge >= 0.3 is 0 Å². The van der Waals surface area contributed by atoms with E-state index in [2.05, 4.69) is 5.32 Å². The van der Waals surface area contributed by atoms with E-state index in [1.165, 1.54) is 25.0 Å². The second-order valence-electron chi connectivity index (χ2n) is 3.25. The Morgan fingerprint density at radius 3 is 2.67 bits per heavy atom. The number of rotatable bonds is 5. The van der Waals surface area contributed by atoms with Crippen molar-refractivity contribution in [2.45, 2.75) is 51.2 Å². The van der Waals surface area contributed by atoms with E-state index in [9.17, 15) is 4.79 Å². The van der Waals surface area contributed by atoms with Crippen molar-refractivity contribution in [2.24, 2.45) is 0 Å². The molecule has 4 heteroatoms. The van der Waals surface area contributed by atoms with Gasteiger partial charge in [0.15, 0.2) is 0 Å². The van der Waals surface area contributed by atoms with Crippen LogP contribution in [0.15, 0.2) is 0 Å². The van der Waals surface area contributed by atoms with E-state index in [0.29, 0.717) is 6.42 Å². The van der Waals surface area contributed by atoms with E-state index in [1.807, 2.05) is 35.4 Å². The lowest BCUT2D eigenvalue weighted by atomic mass is 10.1. The number of unbranched alkanes of at least 4 members (excludes halogenated alkanes) is 1. The van der Waals surface area contributed by atoms with Crippen molar-refractivity contribution in [1.82, 2.24) is 5.32 Å². The second-order valence-corrected chi connectivity index (χ2v) is 6.04. The Hall–Kier alpha value is 0.170. The molecule has 0 aromatic carbocycles. The first-order valence-electron chi connectivity index (χ1n) is 5.82. The molecule has 1 unspecified atom stereocenters. The van der Waals surface area contributed by atoms with E-state index >= 15 is 0 Å². The van der Waals surface area contributed by atoms with Crippen LogP contribution in [0.3, 0.4) is 0 Å². The summed E-state index contributed by atoms with van der Waals surface area (Å²) in [5, 5.41) is 3.50. The molecule has 1 N–H and O–H groups in total. The minimum atomic E-state index is 0.174. The highest BCUT2D eigenvalue weighted by atomic mass is 33.1. The Morgan fingerprint density at radius 2 is 2.13 bits per heavy atom. The maximum atomic E-state index is 10.9. The molecule has 0 saturated carbocycles. The molecule has 0 spiro atoms. The predicted octanol–water partition coefficient (Wildman–Crippen LogP) is 3.47. The molecule has 0 bridgehead atoms. The second kappa shape index (κ2) is 10.7. The molecule has 2 nitrogen and oxygen atoms in total. The van der Waals surface area contributed by atoms with Gasteiger partial charge in [0.25, 0.3) is 0 Å². The van der Waals surface area contributed by atoms with Gasteiger partial charge in [-0.15, -0.1) is 0 Å². The van der Waals surface area contributed by atoms with Crippen LogP contribution in [0.25, 0.3) is 0 Å². The van der Waals surface area contributed by atoms with Crippen molar-refractivity contribution in [3.8, 4) is 0 Å². The molecule has 90 valence electrons. The number of carbonyl (C=O) groups is 1. The molecule has 1 aliphatic rings. The lowest BCUT2D eigenvalue weighted by Gasteiger charge is -2.05. The molecular formula is C11H23NOS2. The SMILES string of the molecule is CC.CNC(=O)CCCCC1CCSS1. The van der Waals surface area contributed by atoms with E-state index < -0.39 is 0 Å². The van der Waals surface area contributed by atoms with Crippen LogP contribution in [-0.2, 0) is 4.79 Å². The van der Waals surface area contributed by atoms with Gasteiger partial charge in [0.1, 0.15) is 0 Å². The van der Waals surface area contributed by atoms with Gasteiger partial charge in [0, 0.05) is 24.5 Å². The van der Waals surface area contributed by atoms with E-state index in [0.717, 1.165) is 11.7 Å². The average Bonchev–Trinajstić information content (AvgIpc) is 2.79. The summed E-state index contributed by atoms with van der Waals surface area (Å²) in [5.74, 6) is 1.48. The van der Waals surface area contributed by atoms with Gasteiger partial charge in [-0.3, -0.25) is 4.79 Å². The molecule has 0 aliphatic carbocycles. The topological polar surface area (TPSA) is 29.1 Å². The van der Waals surface area contributed by atoms with Crippen LogP contribution in [0.2, 0.25) is 0 Å². The monoisotopic (exact) mass is 249 g/mol. The summed E-state index contributed by atoms with van der Waals surface area (Å²) < 4.78 is 0. The van der Waals surface area contributed by atoms with Crippen molar-refractivity contribution in [2.75, 3.05) is 12.8 Å². The number of hydrogen-bond donors (Lipinski definition) is 1. The van der Waals surface area contributed by atoms with Crippen molar-refractivity contribution in [3.05, 3.63) is 0 Å². The minimum Gasteiger partial charge on any atom is -0.359 e. The lowest BCUT2D eigenvalue weighted by Crippen LogP contribution is -2.17. The van der Waals surface area contributed by atoms with Crippen molar-refractivity contribution in [1.29, 1.82) is 0 Å². The normalized spacial score (nSPS) is 19.3. The summed E-state index contributed by atoms with van der Waals surface area (Å²) in [7, 11) is 5.71. The smallest absolute Gasteiger partial charge is 0.219 e. The highest BCUT2D eigenvalue weighted by molar-refractivity contribution is 8.77. The molecule has 1 aliphatic heterocycles. The summed E-state index contributed by atoms with van der Waals surface area (Å²) in [6.45, 7) is 4.00. The molecule has 1 rings (SSSR count). The first kappa shape index (κ1) is 15.2. The van der Waals surface area contributed by atoms with Crippen molar-refractivity contribution in [3.63, 3.8) is 0 Å². The molecule has 0 radical (unpaired) electrons. The van der Waals surface area contributed by atoms with Gasteiger partial charge in [-0.25, -0.2) is 0 Å². The van der Waals surface area contributed by atoms with Crippen LogP contribution in [0.4, 0.5) is 0 Å². The molecular weight excluding hydrogens is 226 g/mol. The molecule has 1 saturated heterocycles. The summed E-state index contributed by atoms with van der Waals surface area (Å²) >= 11 is 0. The van der Waals surface area contributed by atoms with Gasteiger partial charge in [-0.2, -0.15) is 0 Å². The molecule has 0 aromatic heterocycles. The zero-order valence-electron chi connectivity index (χ0n) is 10.0. The van der Waals surface area contributed by atoms with Crippen LogP contribution in [0, 0.1) is 0 Å². The third-order valence-corrected chi connectivity index (χ3v) is 5.19. The highest BCUT2D eigenvalue weighted by Gasteiger charge is 2.15. The summed E-state index contributed by atoms with van der Waals surface area (Å²) in [6.07, 6.45) is 5.58. The highest BCUT2D eigenvalue weighted by Crippen LogP contribution is 2.39. The summed E-state index contributed by atoms with van der Waals surface area (Å²) in [4.78, 5) is 10.9. The minimum absolute atomic E-state index is 0.174. The van der Waals surface area contributed by atoms with Gasteiger partial charge in [-0.1, -0.05) is 41.9 Å². The van der Waals surface area contributed by atoms with Gasteiger partial charge in [0.05, 0.1) is 0 Å². The predicted molar refractivity (Wildman–Crippen MR) is 72.3 cm³/mol. The van der Waals surface area contributed by atoms with Gasteiger partial charge in [-0.05, 0) is 19.3 Å². The van der Waals surface area contributed by atoms with Gasteiger partial charge < -0.3 is 5.32 Å². The fraction of sp³-hybridized carbons (Fsp3) is 0.909. The standard InChI is InChI=1S/C9H17NOS2.C2H6/c1-10-9(11)5-3-2-4-8-6-7-12-13-8;1-2/h8H,2-7H2,1H3,(H,10,11);1-2H3. The largest absolute Gasteiger partial charge is 0.359 e. The first-order chi connectivity index (χ1) is 7.33. The number of carbonyl (C=O) groups excluding carboxylic acids is 1. The van der Waals surface area contributed by atoms with E-state index in [1.54, 1.807) is 7.05 Å². The lowest BCUT2D eigenvalue weighted by molar-refractivity contribution is -0.120. The fourth-order valence-electron chi connectivity index (χ4n) is 1.35. The summed E-state index contributed by atoms with van der Waals surface area (Å²) in [6, 6.07) is 0. The molecule has 15 heavy (non-hydrogen) atoms. The maximum Gasteiger partial charge on any atom is 0.219 e. The number of nitrogens with one attached hydrogen (secondary N) is 1. The number of amides is 1. The van der Waals surface area contributed by atoms with Crippen molar-refractivity contribution < 1.29 is 4.79 Å². The molecule has 1 fully saturated rings. The maximum absolute atomic E-state index is 10.9. The Balaban J connectivity index is 0.000000921. The van der Waals surface area contributed by atoms with E-state index in [4.69, 9.17) is 0 Å². The van der Waals surface area contributed by atoms with Crippen LogP contribution >= 0.6 is 21.6 Å². The Kier molecular flexibility index (Phi) is 10.8. The third kappa shape index (κ3) is 8.03. The van der Waals surface area contributed by atoms with E-state index in [-0.39, 0.29) is 5.91 Å². The molecule has 1 amide bonds.